The second-order valence-electron chi connectivity index (χ2n) is 8.70. The molecule has 10 nitrogen and oxygen atoms in total. The first kappa shape index (κ1) is 23.0. The Kier molecular flexibility index (Phi) is 6.06. The number of nitrogens with one attached hydrogen (secondary N) is 1. The van der Waals surface area contributed by atoms with E-state index in [1.54, 1.807) is 32.9 Å². The van der Waals surface area contributed by atoms with Gasteiger partial charge in [0, 0.05) is 18.1 Å². The van der Waals surface area contributed by atoms with Crippen molar-refractivity contribution in [3.8, 4) is 17.1 Å². The van der Waals surface area contributed by atoms with E-state index < -0.39 is 17.7 Å². The predicted molar refractivity (Wildman–Crippen MR) is 126 cm³/mol. The molecule has 1 aliphatic heterocycles. The molecule has 3 aromatic rings. The second-order valence-corrected chi connectivity index (χ2v) is 8.70. The van der Waals surface area contributed by atoms with Crippen molar-refractivity contribution in [1.29, 1.82) is 0 Å². The fourth-order valence-electron chi connectivity index (χ4n) is 3.41. The van der Waals surface area contributed by atoms with E-state index in [4.69, 9.17) is 9.47 Å². The smallest absolute Gasteiger partial charge is 0.416 e. The number of aryl methyl sites for hydroxylation is 1. The van der Waals surface area contributed by atoms with E-state index in [1.807, 2.05) is 25.1 Å². The molecule has 0 saturated carbocycles. The highest BCUT2D eigenvalue weighted by molar-refractivity contribution is 5.96. The van der Waals surface area contributed by atoms with Crippen molar-refractivity contribution in [2.45, 2.75) is 33.3 Å². The molecule has 0 atom stereocenters. The molecule has 2 N–H and O–H groups in total. The molecule has 4 rings (SSSR count). The lowest BCUT2D eigenvalue weighted by Crippen LogP contribution is -2.42. The number of aromatic carboxylic acids is 1. The van der Waals surface area contributed by atoms with E-state index in [2.05, 4.69) is 20.3 Å². The van der Waals surface area contributed by atoms with Crippen molar-refractivity contribution in [1.82, 2.24) is 15.0 Å². The van der Waals surface area contributed by atoms with Crippen LogP contribution in [0.25, 0.3) is 11.4 Å². The van der Waals surface area contributed by atoms with Crippen LogP contribution in [0.5, 0.6) is 5.75 Å². The summed E-state index contributed by atoms with van der Waals surface area (Å²) >= 11 is 0. The highest BCUT2D eigenvalue weighted by Crippen LogP contribution is 2.41. The van der Waals surface area contributed by atoms with Gasteiger partial charge in [0.25, 0.3) is 0 Å². The first-order chi connectivity index (χ1) is 16.1. The Labute approximate surface area is 196 Å². The predicted octanol–water partition coefficient (Wildman–Crippen LogP) is 4.42. The normalized spacial score (nSPS) is 13.0. The van der Waals surface area contributed by atoms with Gasteiger partial charge in [-0.05, 0) is 52.0 Å². The largest absolute Gasteiger partial charge is 0.486 e. The average Bonchev–Trinajstić information content (AvgIpc) is 2.77. The fourth-order valence-corrected chi connectivity index (χ4v) is 3.41. The van der Waals surface area contributed by atoms with Crippen LogP contribution in [0.2, 0.25) is 0 Å². The van der Waals surface area contributed by atoms with Crippen LogP contribution < -0.4 is 15.0 Å². The molecule has 0 aromatic carbocycles. The number of aromatic nitrogens is 3. The summed E-state index contributed by atoms with van der Waals surface area (Å²) in [5, 5.41) is 12.7. The number of hydrogen-bond acceptors (Lipinski definition) is 8. The number of hydrogen-bond donors (Lipinski definition) is 2. The van der Waals surface area contributed by atoms with Crippen LogP contribution in [0, 0.1) is 6.92 Å². The highest BCUT2D eigenvalue weighted by atomic mass is 16.6. The van der Waals surface area contributed by atoms with Gasteiger partial charge in [0.2, 0.25) is 0 Å². The van der Waals surface area contributed by atoms with Crippen molar-refractivity contribution in [2.75, 3.05) is 23.4 Å². The molecular weight excluding hydrogens is 438 g/mol. The molecule has 1 amide bonds. The maximum Gasteiger partial charge on any atom is 0.416 e. The maximum atomic E-state index is 13.0. The number of carbonyl (C=O) groups is 2. The van der Waals surface area contributed by atoms with Gasteiger partial charge in [-0.3, -0.25) is 14.9 Å². The molecule has 3 aromatic heterocycles. The summed E-state index contributed by atoms with van der Waals surface area (Å²) in [6.45, 7) is 7.69. The highest BCUT2D eigenvalue weighted by Gasteiger charge is 2.32. The van der Waals surface area contributed by atoms with E-state index >= 15 is 0 Å². The molecule has 0 saturated heterocycles. The van der Waals surface area contributed by atoms with Gasteiger partial charge in [-0.25, -0.2) is 14.6 Å². The van der Waals surface area contributed by atoms with Crippen LogP contribution in [0.4, 0.5) is 22.0 Å². The Balaban J connectivity index is 1.86. The molecule has 4 heterocycles. The Morgan fingerprint density at radius 2 is 1.94 bits per heavy atom. The van der Waals surface area contributed by atoms with Gasteiger partial charge in [-0.2, -0.15) is 0 Å². The Bertz CT molecular complexity index is 1250. The zero-order valence-electron chi connectivity index (χ0n) is 19.3. The van der Waals surface area contributed by atoms with Crippen molar-refractivity contribution in [3.05, 3.63) is 54.0 Å². The van der Waals surface area contributed by atoms with Gasteiger partial charge in [-0.15, -0.1) is 0 Å². The monoisotopic (exact) mass is 463 g/mol. The molecule has 0 aliphatic carbocycles. The molecule has 10 heteroatoms. The summed E-state index contributed by atoms with van der Waals surface area (Å²) in [5.41, 5.74) is 1.92. The molecule has 0 unspecified atom stereocenters. The number of amides is 1. The van der Waals surface area contributed by atoms with Crippen molar-refractivity contribution in [2.24, 2.45) is 0 Å². The topological polar surface area (TPSA) is 127 Å². The van der Waals surface area contributed by atoms with Gasteiger partial charge in [-0.1, -0.05) is 6.07 Å². The summed E-state index contributed by atoms with van der Waals surface area (Å²) in [6.07, 6.45) is 2.19. The number of anilines is 3. The molecule has 34 heavy (non-hydrogen) atoms. The molecule has 1 aliphatic rings. The van der Waals surface area contributed by atoms with Crippen LogP contribution in [0.1, 0.15) is 36.8 Å². The van der Waals surface area contributed by atoms with E-state index in [0.29, 0.717) is 28.5 Å². The number of nitrogens with zero attached hydrogens (tertiary/aromatic N) is 4. The van der Waals surface area contributed by atoms with E-state index in [-0.39, 0.29) is 24.5 Å². The number of fused-ring (bicyclic) bond motifs is 1. The Hall–Kier alpha value is -4.21. The number of ether oxygens (including phenoxy) is 2. The number of rotatable bonds is 4. The van der Waals surface area contributed by atoms with Gasteiger partial charge < -0.3 is 19.9 Å². The molecule has 0 bridgehead atoms. The van der Waals surface area contributed by atoms with Gasteiger partial charge in [0.1, 0.15) is 17.8 Å². The Morgan fingerprint density at radius 3 is 2.65 bits per heavy atom. The summed E-state index contributed by atoms with van der Waals surface area (Å²) in [4.78, 5) is 39.2. The lowest BCUT2D eigenvalue weighted by atomic mass is 10.1. The first-order valence-electron chi connectivity index (χ1n) is 10.7. The lowest BCUT2D eigenvalue weighted by molar-refractivity contribution is 0.0565. The van der Waals surface area contributed by atoms with Crippen LogP contribution in [-0.4, -0.2) is 50.9 Å². The Morgan fingerprint density at radius 1 is 1.15 bits per heavy atom. The SMILES string of the molecule is Cc1cccc(-c2cc(Nc3ccncc3C(=O)O)c3c(n2)N(C(=O)OC(C)(C)C)CCO3)n1. The number of pyridine rings is 3. The first-order valence-corrected chi connectivity index (χ1v) is 10.7. The third-order valence-electron chi connectivity index (χ3n) is 4.86. The van der Waals surface area contributed by atoms with E-state index in [0.717, 1.165) is 5.69 Å². The van der Waals surface area contributed by atoms with Crippen molar-refractivity contribution >= 4 is 29.3 Å². The maximum absolute atomic E-state index is 13.0. The van der Waals surface area contributed by atoms with Crippen LogP contribution in [-0.2, 0) is 4.74 Å². The minimum absolute atomic E-state index is 0.0110. The standard InChI is InChI=1S/C24H25N5O5/c1-14-6-5-7-17(26-14)18-12-19(27-16-8-9-25-13-15(16)22(30)31)20-21(28-18)29(10-11-33-20)23(32)34-24(2,3)4/h5-9,12-13H,10-11H2,1-4H3,(H,30,31)(H,25,27,28). The molecular formula is C24H25N5O5. The third-order valence-corrected chi connectivity index (χ3v) is 4.86. The zero-order chi connectivity index (χ0) is 24.5. The number of carboxylic acids is 1. The molecule has 0 spiro atoms. The van der Waals surface area contributed by atoms with Gasteiger partial charge in [0.15, 0.2) is 11.6 Å². The zero-order valence-corrected chi connectivity index (χ0v) is 19.3. The molecule has 0 fully saturated rings. The molecule has 176 valence electrons. The van der Waals surface area contributed by atoms with E-state index in [1.165, 1.54) is 17.3 Å². The van der Waals surface area contributed by atoms with Crippen molar-refractivity contribution in [3.63, 3.8) is 0 Å². The summed E-state index contributed by atoms with van der Waals surface area (Å²) in [5.74, 6) is -0.563. The van der Waals surface area contributed by atoms with Crippen LogP contribution in [0.15, 0.2) is 42.7 Å². The minimum atomic E-state index is -1.13. The average molecular weight is 463 g/mol. The quantitative estimate of drug-likeness (QED) is 0.578. The minimum Gasteiger partial charge on any atom is -0.486 e. The second kappa shape index (κ2) is 8.97. The lowest BCUT2D eigenvalue weighted by Gasteiger charge is -2.32. The van der Waals surface area contributed by atoms with Crippen LogP contribution in [0.3, 0.4) is 0 Å². The number of carboxylic acid groups (broad SMARTS) is 1. The van der Waals surface area contributed by atoms with Gasteiger partial charge in [0.05, 0.1) is 29.3 Å². The van der Waals surface area contributed by atoms with Gasteiger partial charge >= 0.3 is 12.1 Å². The number of carbonyl (C=O) groups excluding carboxylic acids is 1. The van der Waals surface area contributed by atoms with E-state index in [9.17, 15) is 14.7 Å². The summed E-state index contributed by atoms with van der Waals surface area (Å²) in [7, 11) is 0. The summed E-state index contributed by atoms with van der Waals surface area (Å²) in [6, 6.07) is 8.80. The fraction of sp³-hybridized carbons (Fsp3) is 0.292. The summed E-state index contributed by atoms with van der Waals surface area (Å²) < 4.78 is 11.5. The van der Waals surface area contributed by atoms with Crippen LogP contribution >= 0.6 is 0 Å². The molecule has 0 radical (unpaired) electrons. The third kappa shape index (κ3) is 4.90. The van der Waals surface area contributed by atoms with Crippen molar-refractivity contribution < 1.29 is 24.2 Å².